The SMILES string of the molecule is CC(=O)NCc1ccc(C2(N)CC2)nc1.CO. The molecule has 1 amide bonds. The van der Waals surface area contributed by atoms with E-state index in [9.17, 15) is 4.79 Å². The summed E-state index contributed by atoms with van der Waals surface area (Å²) in [5.41, 5.74) is 7.79. The lowest BCUT2D eigenvalue weighted by Crippen LogP contribution is -2.21. The van der Waals surface area contributed by atoms with Gasteiger partial charge in [0.05, 0.1) is 11.2 Å². The zero-order valence-electron chi connectivity index (χ0n) is 10.2. The van der Waals surface area contributed by atoms with Gasteiger partial charge in [-0.2, -0.15) is 0 Å². The van der Waals surface area contributed by atoms with Crippen LogP contribution < -0.4 is 11.1 Å². The summed E-state index contributed by atoms with van der Waals surface area (Å²) in [5, 5.41) is 9.73. The average molecular weight is 237 g/mol. The maximum absolute atomic E-state index is 10.7. The highest BCUT2D eigenvalue weighted by Gasteiger charge is 2.41. The lowest BCUT2D eigenvalue weighted by molar-refractivity contribution is -0.119. The molecular weight excluding hydrogens is 218 g/mol. The number of aromatic nitrogens is 1. The van der Waals surface area contributed by atoms with Crippen LogP contribution in [0.2, 0.25) is 0 Å². The normalized spacial score (nSPS) is 15.5. The highest BCUT2D eigenvalue weighted by atomic mass is 16.2. The van der Waals surface area contributed by atoms with Gasteiger partial charge in [-0.15, -0.1) is 0 Å². The van der Waals surface area contributed by atoms with Gasteiger partial charge in [-0.05, 0) is 24.5 Å². The molecule has 94 valence electrons. The van der Waals surface area contributed by atoms with Crippen molar-refractivity contribution in [1.82, 2.24) is 10.3 Å². The third kappa shape index (κ3) is 3.80. The number of aliphatic hydroxyl groups excluding tert-OH is 1. The van der Waals surface area contributed by atoms with E-state index in [0.29, 0.717) is 6.54 Å². The number of hydrogen-bond donors (Lipinski definition) is 3. The second-order valence-electron chi connectivity index (χ2n) is 4.12. The summed E-state index contributed by atoms with van der Waals surface area (Å²) in [6.45, 7) is 2.03. The fraction of sp³-hybridized carbons (Fsp3) is 0.500. The Bertz CT molecular complexity index is 372. The van der Waals surface area contributed by atoms with Crippen molar-refractivity contribution < 1.29 is 9.90 Å². The molecule has 1 fully saturated rings. The summed E-state index contributed by atoms with van der Waals surface area (Å²) in [7, 11) is 1.00. The van der Waals surface area contributed by atoms with Crippen LogP contribution in [0.5, 0.6) is 0 Å². The van der Waals surface area contributed by atoms with Gasteiger partial charge >= 0.3 is 0 Å². The molecule has 17 heavy (non-hydrogen) atoms. The van der Waals surface area contributed by atoms with Crippen molar-refractivity contribution in [3.05, 3.63) is 29.6 Å². The van der Waals surface area contributed by atoms with E-state index in [1.807, 2.05) is 12.1 Å². The minimum absolute atomic E-state index is 0.0310. The van der Waals surface area contributed by atoms with Gasteiger partial charge in [0.2, 0.25) is 5.91 Å². The minimum Gasteiger partial charge on any atom is -0.400 e. The van der Waals surface area contributed by atoms with Crippen molar-refractivity contribution in [2.45, 2.75) is 31.8 Å². The Morgan fingerprint density at radius 1 is 1.53 bits per heavy atom. The average Bonchev–Trinajstić information content (AvgIpc) is 3.09. The third-order valence-electron chi connectivity index (χ3n) is 2.66. The van der Waals surface area contributed by atoms with Crippen LogP contribution in [0.15, 0.2) is 18.3 Å². The first kappa shape index (κ1) is 13.6. The van der Waals surface area contributed by atoms with Gasteiger partial charge in [0, 0.05) is 26.8 Å². The predicted molar refractivity (Wildman–Crippen MR) is 65.0 cm³/mol. The monoisotopic (exact) mass is 237 g/mol. The minimum atomic E-state index is -0.174. The summed E-state index contributed by atoms with van der Waals surface area (Å²) in [6.07, 6.45) is 3.81. The molecule has 0 aliphatic heterocycles. The Kier molecular flexibility index (Phi) is 4.60. The van der Waals surface area contributed by atoms with Crippen LogP contribution in [-0.2, 0) is 16.9 Å². The highest BCUT2D eigenvalue weighted by molar-refractivity contribution is 5.72. The van der Waals surface area contributed by atoms with E-state index in [0.717, 1.165) is 31.2 Å². The quantitative estimate of drug-likeness (QED) is 0.704. The summed E-state index contributed by atoms with van der Waals surface area (Å²) in [6, 6.07) is 3.91. The number of rotatable bonds is 3. The third-order valence-corrected chi connectivity index (χ3v) is 2.66. The van der Waals surface area contributed by atoms with E-state index in [4.69, 9.17) is 10.8 Å². The summed E-state index contributed by atoms with van der Waals surface area (Å²) >= 11 is 0. The van der Waals surface area contributed by atoms with Crippen molar-refractivity contribution in [2.24, 2.45) is 5.73 Å². The fourth-order valence-corrected chi connectivity index (χ4v) is 1.44. The smallest absolute Gasteiger partial charge is 0.217 e. The van der Waals surface area contributed by atoms with E-state index in [-0.39, 0.29) is 11.4 Å². The van der Waals surface area contributed by atoms with Crippen LogP contribution in [0.1, 0.15) is 31.0 Å². The Hall–Kier alpha value is -1.46. The van der Waals surface area contributed by atoms with E-state index in [1.54, 1.807) is 6.20 Å². The molecule has 1 saturated carbocycles. The zero-order chi connectivity index (χ0) is 12.9. The first-order chi connectivity index (χ1) is 8.10. The molecule has 4 N–H and O–H groups in total. The van der Waals surface area contributed by atoms with Gasteiger partial charge < -0.3 is 16.2 Å². The number of amides is 1. The molecule has 0 bridgehead atoms. The van der Waals surface area contributed by atoms with Crippen LogP contribution >= 0.6 is 0 Å². The molecule has 1 aromatic heterocycles. The lowest BCUT2D eigenvalue weighted by Gasteiger charge is -2.08. The maximum atomic E-state index is 10.7. The first-order valence-electron chi connectivity index (χ1n) is 5.54. The van der Waals surface area contributed by atoms with Gasteiger partial charge in [0.1, 0.15) is 0 Å². The zero-order valence-corrected chi connectivity index (χ0v) is 10.2. The largest absolute Gasteiger partial charge is 0.400 e. The number of hydrogen-bond acceptors (Lipinski definition) is 4. The fourth-order valence-electron chi connectivity index (χ4n) is 1.44. The Morgan fingerprint density at radius 3 is 2.59 bits per heavy atom. The molecule has 1 heterocycles. The molecule has 5 heteroatoms. The van der Waals surface area contributed by atoms with Gasteiger partial charge in [-0.1, -0.05) is 6.07 Å². The first-order valence-corrected chi connectivity index (χ1v) is 5.54. The van der Waals surface area contributed by atoms with Crippen molar-refractivity contribution in [3.63, 3.8) is 0 Å². The highest BCUT2D eigenvalue weighted by Crippen LogP contribution is 2.41. The molecule has 0 unspecified atom stereocenters. The van der Waals surface area contributed by atoms with Crippen molar-refractivity contribution >= 4 is 5.91 Å². The standard InChI is InChI=1S/C11H15N3O.CH4O/c1-8(15)13-6-9-2-3-10(14-7-9)11(12)4-5-11;1-2/h2-3,7H,4-6,12H2,1H3,(H,13,15);2H,1H3. The van der Waals surface area contributed by atoms with E-state index < -0.39 is 0 Å². The summed E-state index contributed by atoms with van der Waals surface area (Å²) in [5.74, 6) is -0.0310. The van der Waals surface area contributed by atoms with Crippen molar-refractivity contribution in [3.8, 4) is 0 Å². The van der Waals surface area contributed by atoms with Crippen LogP contribution in [0, 0.1) is 0 Å². The molecule has 0 atom stereocenters. The molecule has 0 radical (unpaired) electrons. The lowest BCUT2D eigenvalue weighted by atomic mass is 10.1. The van der Waals surface area contributed by atoms with Crippen molar-refractivity contribution in [1.29, 1.82) is 0 Å². The number of nitrogens with two attached hydrogens (primary N) is 1. The number of nitrogens with zero attached hydrogens (tertiary/aromatic N) is 1. The number of carbonyl (C=O) groups excluding carboxylic acids is 1. The van der Waals surface area contributed by atoms with Crippen LogP contribution in [0.3, 0.4) is 0 Å². The second kappa shape index (κ2) is 5.75. The van der Waals surface area contributed by atoms with Gasteiger partial charge in [-0.3, -0.25) is 9.78 Å². The number of carbonyl (C=O) groups is 1. The van der Waals surface area contributed by atoms with E-state index in [2.05, 4.69) is 10.3 Å². The second-order valence-corrected chi connectivity index (χ2v) is 4.12. The van der Waals surface area contributed by atoms with Crippen LogP contribution in [0.25, 0.3) is 0 Å². The number of pyridine rings is 1. The molecule has 1 aliphatic rings. The van der Waals surface area contributed by atoms with E-state index in [1.165, 1.54) is 6.92 Å². The van der Waals surface area contributed by atoms with Crippen LogP contribution in [0.4, 0.5) is 0 Å². The summed E-state index contributed by atoms with van der Waals surface area (Å²) in [4.78, 5) is 15.0. The number of aliphatic hydroxyl groups is 1. The molecule has 0 spiro atoms. The van der Waals surface area contributed by atoms with Gasteiger partial charge in [0.15, 0.2) is 0 Å². The molecule has 0 saturated heterocycles. The Morgan fingerprint density at radius 2 is 2.18 bits per heavy atom. The van der Waals surface area contributed by atoms with Crippen molar-refractivity contribution in [2.75, 3.05) is 7.11 Å². The molecule has 5 nitrogen and oxygen atoms in total. The van der Waals surface area contributed by atoms with Gasteiger partial charge in [-0.25, -0.2) is 0 Å². The van der Waals surface area contributed by atoms with Gasteiger partial charge in [0.25, 0.3) is 0 Å². The molecule has 0 aromatic carbocycles. The molecule has 2 rings (SSSR count). The van der Waals surface area contributed by atoms with Crippen LogP contribution in [-0.4, -0.2) is 23.1 Å². The molecule has 1 aromatic rings. The Labute approximate surface area is 101 Å². The topological polar surface area (TPSA) is 88.2 Å². The van der Waals surface area contributed by atoms with E-state index >= 15 is 0 Å². The number of nitrogens with one attached hydrogen (secondary N) is 1. The maximum Gasteiger partial charge on any atom is 0.217 e. The molecular formula is C12H19N3O2. The molecule has 1 aliphatic carbocycles. The Balaban J connectivity index is 0.000000686. The summed E-state index contributed by atoms with van der Waals surface area (Å²) < 4.78 is 0. The predicted octanol–water partition coefficient (Wildman–Crippen LogP) is 0.274.